The quantitative estimate of drug-likeness (QED) is 0.781. The molecule has 3 N–H and O–H groups in total. The minimum absolute atomic E-state index is 0.218. The van der Waals surface area contributed by atoms with Gasteiger partial charge in [-0.3, -0.25) is 5.10 Å². The van der Waals surface area contributed by atoms with Crippen LogP contribution in [-0.4, -0.2) is 27.8 Å². The Bertz CT molecular complexity index is 607. The van der Waals surface area contributed by atoms with Gasteiger partial charge in [0.05, 0.1) is 12.6 Å². The van der Waals surface area contributed by atoms with Crippen molar-refractivity contribution in [3.63, 3.8) is 0 Å². The molecule has 1 fully saturated rings. The molecule has 0 bridgehead atoms. The van der Waals surface area contributed by atoms with Crippen molar-refractivity contribution in [2.24, 2.45) is 0 Å². The lowest BCUT2D eigenvalue weighted by atomic mass is 10.2. The number of aromatic amines is 1. The maximum atomic E-state index is 11.6. The molecule has 116 valence electrons. The van der Waals surface area contributed by atoms with E-state index in [-0.39, 0.29) is 19.2 Å². The molecule has 2 aromatic rings. The van der Waals surface area contributed by atoms with E-state index in [0.717, 1.165) is 30.8 Å². The molecule has 22 heavy (non-hydrogen) atoms. The molecule has 0 spiro atoms. The molecule has 0 saturated carbocycles. The highest BCUT2D eigenvalue weighted by Crippen LogP contribution is 2.19. The van der Waals surface area contributed by atoms with Gasteiger partial charge >= 0.3 is 6.09 Å². The molecule has 1 aliphatic heterocycles. The molecule has 1 amide bonds. The molecular weight excluding hydrogens is 282 g/mol. The Kier molecular flexibility index (Phi) is 4.65. The molecule has 1 unspecified atom stereocenters. The number of carbonyl (C=O) groups is 1. The summed E-state index contributed by atoms with van der Waals surface area (Å²) in [5.74, 6) is 1.38. The third-order valence-corrected chi connectivity index (χ3v) is 3.53. The molecule has 0 aliphatic carbocycles. The topological polar surface area (TPSA) is 91.9 Å². The van der Waals surface area contributed by atoms with Crippen LogP contribution in [0.25, 0.3) is 0 Å². The van der Waals surface area contributed by atoms with Gasteiger partial charge in [0.1, 0.15) is 12.4 Å². The SMILES string of the molecule is O=C(NCc1nc(C2CCCN2)n[nH]1)OCc1ccccc1. The second kappa shape index (κ2) is 7.04. The van der Waals surface area contributed by atoms with Crippen molar-refractivity contribution in [1.29, 1.82) is 0 Å². The molecule has 1 aromatic heterocycles. The van der Waals surface area contributed by atoms with Crippen molar-refractivity contribution in [1.82, 2.24) is 25.8 Å². The fraction of sp³-hybridized carbons (Fsp3) is 0.400. The van der Waals surface area contributed by atoms with Crippen LogP contribution in [0.5, 0.6) is 0 Å². The van der Waals surface area contributed by atoms with Gasteiger partial charge in [-0.05, 0) is 24.9 Å². The van der Waals surface area contributed by atoms with Crippen LogP contribution in [0.1, 0.15) is 36.1 Å². The third kappa shape index (κ3) is 3.82. The van der Waals surface area contributed by atoms with Crippen molar-refractivity contribution in [2.45, 2.75) is 32.0 Å². The van der Waals surface area contributed by atoms with Crippen molar-refractivity contribution in [3.8, 4) is 0 Å². The van der Waals surface area contributed by atoms with Gasteiger partial charge in [0.15, 0.2) is 5.82 Å². The number of amides is 1. The van der Waals surface area contributed by atoms with Crippen LogP contribution in [0.2, 0.25) is 0 Å². The van der Waals surface area contributed by atoms with Crippen LogP contribution in [-0.2, 0) is 17.9 Å². The molecule has 2 heterocycles. The zero-order valence-corrected chi connectivity index (χ0v) is 12.2. The summed E-state index contributed by atoms with van der Waals surface area (Å²) in [6, 6.07) is 9.77. The summed E-state index contributed by atoms with van der Waals surface area (Å²) in [4.78, 5) is 16.0. The van der Waals surface area contributed by atoms with E-state index in [9.17, 15) is 4.79 Å². The van der Waals surface area contributed by atoms with E-state index < -0.39 is 6.09 Å². The highest BCUT2D eigenvalue weighted by molar-refractivity contribution is 5.67. The van der Waals surface area contributed by atoms with E-state index in [1.54, 1.807) is 0 Å². The summed E-state index contributed by atoms with van der Waals surface area (Å²) >= 11 is 0. The van der Waals surface area contributed by atoms with E-state index in [0.29, 0.717) is 5.82 Å². The summed E-state index contributed by atoms with van der Waals surface area (Å²) in [5.41, 5.74) is 0.951. The van der Waals surface area contributed by atoms with Crippen molar-refractivity contribution < 1.29 is 9.53 Å². The number of hydrogen-bond donors (Lipinski definition) is 3. The van der Waals surface area contributed by atoms with Gasteiger partial charge < -0.3 is 15.4 Å². The van der Waals surface area contributed by atoms with Crippen molar-refractivity contribution in [2.75, 3.05) is 6.54 Å². The van der Waals surface area contributed by atoms with E-state index in [4.69, 9.17) is 4.74 Å². The normalized spacial score (nSPS) is 17.4. The first-order valence-corrected chi connectivity index (χ1v) is 7.40. The molecule has 7 heteroatoms. The zero-order chi connectivity index (χ0) is 15.2. The fourth-order valence-corrected chi connectivity index (χ4v) is 2.38. The average molecular weight is 301 g/mol. The lowest BCUT2D eigenvalue weighted by Gasteiger charge is -2.05. The first kappa shape index (κ1) is 14.5. The number of carbonyl (C=O) groups excluding carboxylic acids is 1. The molecule has 7 nitrogen and oxygen atoms in total. The second-order valence-electron chi connectivity index (χ2n) is 5.20. The average Bonchev–Trinajstić information content (AvgIpc) is 3.22. The summed E-state index contributed by atoms with van der Waals surface area (Å²) < 4.78 is 5.13. The van der Waals surface area contributed by atoms with Gasteiger partial charge in [0.25, 0.3) is 0 Å². The van der Waals surface area contributed by atoms with E-state index in [1.165, 1.54) is 0 Å². The Balaban J connectivity index is 1.43. The van der Waals surface area contributed by atoms with Crippen molar-refractivity contribution >= 4 is 6.09 Å². The molecule has 1 atom stereocenters. The number of H-pyrrole nitrogens is 1. The van der Waals surface area contributed by atoms with E-state index >= 15 is 0 Å². The standard InChI is InChI=1S/C15H19N5O2/c21-15(22-10-11-5-2-1-3-6-11)17-9-13-18-14(20-19-13)12-7-4-8-16-12/h1-3,5-6,12,16H,4,7-10H2,(H,17,21)(H,18,19,20). The summed E-state index contributed by atoms with van der Waals surface area (Å²) in [5, 5.41) is 13.0. The second-order valence-corrected chi connectivity index (χ2v) is 5.20. The number of nitrogens with one attached hydrogen (secondary N) is 3. The van der Waals surface area contributed by atoms with Gasteiger partial charge in [0, 0.05) is 0 Å². The molecule has 0 radical (unpaired) electrons. The Morgan fingerprint density at radius 2 is 2.23 bits per heavy atom. The van der Waals surface area contributed by atoms with Gasteiger partial charge in [-0.2, -0.15) is 5.10 Å². The van der Waals surface area contributed by atoms with Gasteiger partial charge in [-0.1, -0.05) is 30.3 Å². The smallest absolute Gasteiger partial charge is 0.407 e. The van der Waals surface area contributed by atoms with Crippen molar-refractivity contribution in [3.05, 3.63) is 47.5 Å². The van der Waals surface area contributed by atoms with Gasteiger partial charge in [-0.25, -0.2) is 9.78 Å². The maximum absolute atomic E-state index is 11.6. The van der Waals surface area contributed by atoms with Crippen LogP contribution in [0.15, 0.2) is 30.3 Å². The monoisotopic (exact) mass is 301 g/mol. The first-order valence-electron chi connectivity index (χ1n) is 7.40. The predicted molar refractivity (Wildman–Crippen MR) is 79.8 cm³/mol. The number of alkyl carbamates (subject to hydrolysis) is 1. The summed E-state index contributed by atoms with van der Waals surface area (Å²) in [6.07, 6.45) is 1.71. The number of rotatable bonds is 5. The largest absolute Gasteiger partial charge is 0.445 e. The predicted octanol–water partition coefficient (Wildman–Crippen LogP) is 1.66. The first-order chi connectivity index (χ1) is 10.8. The van der Waals surface area contributed by atoms with Gasteiger partial charge in [-0.15, -0.1) is 0 Å². The Morgan fingerprint density at radius 3 is 3.00 bits per heavy atom. The number of aromatic nitrogens is 3. The molecule has 3 rings (SSSR count). The Hall–Kier alpha value is -2.41. The Morgan fingerprint density at radius 1 is 1.36 bits per heavy atom. The van der Waals surface area contributed by atoms with E-state index in [1.807, 2.05) is 30.3 Å². The minimum Gasteiger partial charge on any atom is -0.445 e. The third-order valence-electron chi connectivity index (χ3n) is 3.53. The van der Waals surface area contributed by atoms with Crippen LogP contribution >= 0.6 is 0 Å². The van der Waals surface area contributed by atoms with Crippen LogP contribution < -0.4 is 10.6 Å². The highest BCUT2D eigenvalue weighted by Gasteiger charge is 2.20. The Labute approximate surface area is 128 Å². The number of ether oxygens (including phenoxy) is 1. The lowest BCUT2D eigenvalue weighted by molar-refractivity contribution is 0.139. The fourth-order valence-electron chi connectivity index (χ4n) is 2.38. The van der Waals surface area contributed by atoms with Crippen LogP contribution in [0.4, 0.5) is 4.79 Å². The molecular formula is C15H19N5O2. The zero-order valence-electron chi connectivity index (χ0n) is 12.2. The van der Waals surface area contributed by atoms with Gasteiger partial charge in [0.2, 0.25) is 0 Å². The van der Waals surface area contributed by atoms with Crippen LogP contribution in [0.3, 0.4) is 0 Å². The minimum atomic E-state index is -0.471. The van der Waals surface area contributed by atoms with Crippen LogP contribution in [0, 0.1) is 0 Å². The maximum Gasteiger partial charge on any atom is 0.407 e. The highest BCUT2D eigenvalue weighted by atomic mass is 16.5. The lowest BCUT2D eigenvalue weighted by Crippen LogP contribution is -2.24. The molecule has 1 saturated heterocycles. The van der Waals surface area contributed by atoms with E-state index in [2.05, 4.69) is 25.8 Å². The number of nitrogens with zero attached hydrogens (tertiary/aromatic N) is 2. The molecule has 1 aliphatic rings. The summed E-state index contributed by atoms with van der Waals surface area (Å²) in [7, 11) is 0. The number of hydrogen-bond acceptors (Lipinski definition) is 5. The molecule has 1 aromatic carbocycles. The summed E-state index contributed by atoms with van der Waals surface area (Å²) in [6.45, 7) is 1.52. The number of benzene rings is 1.